The predicted molar refractivity (Wildman–Crippen MR) is 56.0 cm³/mol. The summed E-state index contributed by atoms with van der Waals surface area (Å²) in [5.74, 6) is 1.50. The molecule has 2 N–H and O–H groups in total. The Morgan fingerprint density at radius 1 is 1.38 bits per heavy atom. The molecule has 0 spiro atoms. The Hall–Kier alpha value is -1.03. The monoisotopic (exact) mass is 196 g/mol. The molecule has 0 aromatic carbocycles. The molecule has 0 saturated carbocycles. The molecular weight excluding hydrogens is 184 g/mol. The van der Waals surface area contributed by atoms with Gasteiger partial charge in [0.2, 0.25) is 0 Å². The number of nitrogens with two attached hydrogens (primary N) is 1. The standard InChI is InChI=1S/C9H12N2OS/c10-9(13)7-3-4-8(12-7)11-5-1-2-6-11/h3-4H,1-2,5-6H2,(H2,10,13). The van der Waals surface area contributed by atoms with Crippen molar-refractivity contribution >= 4 is 23.1 Å². The van der Waals surface area contributed by atoms with Crippen molar-refractivity contribution in [2.45, 2.75) is 12.8 Å². The van der Waals surface area contributed by atoms with Gasteiger partial charge >= 0.3 is 0 Å². The lowest BCUT2D eigenvalue weighted by atomic mass is 10.4. The first-order chi connectivity index (χ1) is 6.27. The average Bonchev–Trinajstić information content (AvgIpc) is 2.75. The van der Waals surface area contributed by atoms with Gasteiger partial charge in [0, 0.05) is 19.2 Å². The van der Waals surface area contributed by atoms with E-state index in [1.165, 1.54) is 12.8 Å². The van der Waals surface area contributed by atoms with Crippen LogP contribution in [-0.4, -0.2) is 18.1 Å². The molecule has 3 nitrogen and oxygen atoms in total. The lowest BCUT2D eigenvalue weighted by Crippen LogP contribution is -2.16. The van der Waals surface area contributed by atoms with Crippen LogP contribution >= 0.6 is 12.2 Å². The second-order valence-corrected chi connectivity index (χ2v) is 3.64. The van der Waals surface area contributed by atoms with Crippen LogP contribution in [0.4, 0.5) is 5.88 Å². The first-order valence-corrected chi connectivity index (χ1v) is 4.83. The maximum Gasteiger partial charge on any atom is 0.196 e. The number of rotatable bonds is 2. The molecule has 0 radical (unpaired) electrons. The van der Waals surface area contributed by atoms with E-state index in [4.69, 9.17) is 22.4 Å². The largest absolute Gasteiger partial charge is 0.438 e. The van der Waals surface area contributed by atoms with Crippen LogP contribution in [0.5, 0.6) is 0 Å². The van der Waals surface area contributed by atoms with Crippen molar-refractivity contribution in [2.75, 3.05) is 18.0 Å². The molecule has 0 bridgehead atoms. The first-order valence-electron chi connectivity index (χ1n) is 4.42. The Morgan fingerprint density at radius 2 is 2.08 bits per heavy atom. The van der Waals surface area contributed by atoms with E-state index in [0.29, 0.717) is 10.7 Å². The second kappa shape index (κ2) is 3.38. The number of hydrogen-bond acceptors (Lipinski definition) is 3. The maximum atomic E-state index is 5.49. The minimum Gasteiger partial charge on any atom is -0.438 e. The van der Waals surface area contributed by atoms with E-state index in [-0.39, 0.29) is 0 Å². The van der Waals surface area contributed by atoms with Gasteiger partial charge in [-0.05, 0) is 18.9 Å². The van der Waals surface area contributed by atoms with Gasteiger partial charge in [0.25, 0.3) is 0 Å². The van der Waals surface area contributed by atoms with Crippen molar-refractivity contribution in [3.8, 4) is 0 Å². The third kappa shape index (κ3) is 1.67. The van der Waals surface area contributed by atoms with E-state index in [9.17, 15) is 0 Å². The van der Waals surface area contributed by atoms with Crippen LogP contribution in [0.2, 0.25) is 0 Å². The van der Waals surface area contributed by atoms with Crippen LogP contribution in [0.25, 0.3) is 0 Å². The summed E-state index contributed by atoms with van der Waals surface area (Å²) in [6.07, 6.45) is 2.48. The summed E-state index contributed by atoms with van der Waals surface area (Å²) < 4.78 is 5.49. The highest BCUT2D eigenvalue weighted by atomic mass is 32.1. The zero-order valence-corrected chi connectivity index (χ0v) is 8.14. The molecule has 2 heterocycles. The lowest BCUT2D eigenvalue weighted by molar-refractivity contribution is 0.549. The van der Waals surface area contributed by atoms with E-state index >= 15 is 0 Å². The summed E-state index contributed by atoms with van der Waals surface area (Å²) in [6, 6.07) is 3.76. The van der Waals surface area contributed by atoms with Crippen molar-refractivity contribution in [1.29, 1.82) is 0 Å². The highest BCUT2D eigenvalue weighted by molar-refractivity contribution is 7.80. The summed E-state index contributed by atoms with van der Waals surface area (Å²) in [5, 5.41) is 0. The SMILES string of the molecule is NC(=S)c1ccc(N2CCCC2)o1. The Bertz CT molecular complexity index is 315. The fourth-order valence-corrected chi connectivity index (χ4v) is 1.68. The summed E-state index contributed by atoms with van der Waals surface area (Å²) in [4.78, 5) is 2.53. The Kier molecular flexibility index (Phi) is 2.22. The zero-order valence-electron chi connectivity index (χ0n) is 7.32. The Labute approximate surface area is 82.5 Å². The summed E-state index contributed by atoms with van der Waals surface area (Å²) in [7, 11) is 0. The maximum absolute atomic E-state index is 5.49. The third-order valence-electron chi connectivity index (χ3n) is 2.25. The van der Waals surface area contributed by atoms with Crippen LogP contribution in [0, 0.1) is 0 Å². The molecule has 1 saturated heterocycles. The summed E-state index contributed by atoms with van der Waals surface area (Å²) in [6.45, 7) is 2.15. The van der Waals surface area contributed by atoms with Crippen molar-refractivity contribution in [3.63, 3.8) is 0 Å². The fourth-order valence-electron chi connectivity index (χ4n) is 1.57. The third-order valence-corrected chi connectivity index (χ3v) is 2.45. The molecule has 13 heavy (non-hydrogen) atoms. The van der Waals surface area contributed by atoms with Crippen molar-refractivity contribution in [1.82, 2.24) is 0 Å². The first kappa shape index (κ1) is 8.56. The highest BCUT2D eigenvalue weighted by Gasteiger charge is 2.15. The molecule has 1 aliphatic heterocycles. The molecule has 0 unspecified atom stereocenters. The van der Waals surface area contributed by atoms with E-state index in [1.54, 1.807) is 0 Å². The van der Waals surface area contributed by atoms with Crippen molar-refractivity contribution in [3.05, 3.63) is 17.9 Å². The van der Waals surface area contributed by atoms with Gasteiger partial charge in [-0.3, -0.25) is 0 Å². The van der Waals surface area contributed by atoms with Crippen LogP contribution in [0.1, 0.15) is 18.6 Å². The van der Waals surface area contributed by atoms with Gasteiger partial charge < -0.3 is 15.1 Å². The second-order valence-electron chi connectivity index (χ2n) is 3.20. The molecule has 0 aliphatic carbocycles. The van der Waals surface area contributed by atoms with Gasteiger partial charge in [-0.25, -0.2) is 0 Å². The number of thiocarbonyl (C=S) groups is 1. The lowest BCUT2D eigenvalue weighted by Gasteiger charge is -2.12. The van der Waals surface area contributed by atoms with Crippen LogP contribution in [-0.2, 0) is 0 Å². The normalized spacial score (nSPS) is 16.5. The quantitative estimate of drug-likeness (QED) is 0.728. The van der Waals surface area contributed by atoms with E-state index in [2.05, 4.69) is 4.90 Å². The van der Waals surface area contributed by atoms with Crippen LogP contribution < -0.4 is 10.6 Å². The molecule has 1 aromatic rings. The van der Waals surface area contributed by atoms with Gasteiger partial charge in [-0.15, -0.1) is 0 Å². The summed E-state index contributed by atoms with van der Waals surface area (Å²) >= 11 is 4.82. The van der Waals surface area contributed by atoms with Gasteiger partial charge in [0.1, 0.15) is 4.99 Å². The van der Waals surface area contributed by atoms with Gasteiger partial charge in [-0.1, -0.05) is 12.2 Å². The van der Waals surface area contributed by atoms with E-state index in [1.807, 2.05) is 12.1 Å². The number of nitrogens with zero attached hydrogens (tertiary/aromatic N) is 1. The molecule has 1 aromatic heterocycles. The van der Waals surface area contributed by atoms with Crippen LogP contribution in [0.3, 0.4) is 0 Å². The van der Waals surface area contributed by atoms with E-state index < -0.39 is 0 Å². The molecule has 2 rings (SSSR count). The van der Waals surface area contributed by atoms with Gasteiger partial charge in [0.15, 0.2) is 11.6 Å². The predicted octanol–water partition coefficient (Wildman–Crippen LogP) is 1.51. The van der Waals surface area contributed by atoms with Gasteiger partial charge in [0.05, 0.1) is 0 Å². The smallest absolute Gasteiger partial charge is 0.196 e. The molecule has 70 valence electrons. The number of furan rings is 1. The molecule has 4 heteroatoms. The molecule has 1 aliphatic rings. The van der Waals surface area contributed by atoms with Crippen molar-refractivity contribution < 1.29 is 4.42 Å². The summed E-state index contributed by atoms with van der Waals surface area (Å²) in [5.41, 5.74) is 5.44. The molecule has 0 atom stereocenters. The van der Waals surface area contributed by atoms with Gasteiger partial charge in [-0.2, -0.15) is 0 Å². The molecule has 1 fully saturated rings. The molecular formula is C9H12N2OS. The topological polar surface area (TPSA) is 42.4 Å². The minimum atomic E-state index is 0.324. The Morgan fingerprint density at radius 3 is 2.62 bits per heavy atom. The van der Waals surface area contributed by atoms with Crippen LogP contribution in [0.15, 0.2) is 16.5 Å². The number of anilines is 1. The molecule has 0 amide bonds. The van der Waals surface area contributed by atoms with E-state index in [0.717, 1.165) is 19.0 Å². The number of hydrogen-bond donors (Lipinski definition) is 1. The zero-order chi connectivity index (χ0) is 9.26. The average molecular weight is 196 g/mol. The Balaban J connectivity index is 2.16. The fraction of sp³-hybridized carbons (Fsp3) is 0.444. The van der Waals surface area contributed by atoms with Crippen molar-refractivity contribution in [2.24, 2.45) is 5.73 Å². The highest BCUT2D eigenvalue weighted by Crippen LogP contribution is 2.22. The minimum absolute atomic E-state index is 0.324.